The maximum absolute atomic E-state index is 11.5. The van der Waals surface area contributed by atoms with Crippen LogP contribution in [0.25, 0.3) is 0 Å². The van der Waals surface area contributed by atoms with E-state index in [0.717, 1.165) is 12.8 Å². The van der Waals surface area contributed by atoms with Crippen molar-refractivity contribution in [2.24, 2.45) is 0 Å². The molecule has 1 unspecified atom stereocenters. The Kier molecular flexibility index (Phi) is 2.79. The fourth-order valence-corrected chi connectivity index (χ4v) is 1.40. The van der Waals surface area contributed by atoms with Crippen molar-refractivity contribution in [2.75, 3.05) is 6.61 Å². The lowest BCUT2D eigenvalue weighted by Gasteiger charge is -2.10. The van der Waals surface area contributed by atoms with E-state index in [1.165, 1.54) is 0 Å². The normalized spacial score (nSPS) is 20.7. The van der Waals surface area contributed by atoms with Gasteiger partial charge in [0.25, 0.3) is 0 Å². The first kappa shape index (κ1) is 9.21. The predicted molar refractivity (Wildman–Crippen MR) is 50.8 cm³/mol. The Morgan fingerprint density at radius 3 is 2.79 bits per heavy atom. The number of benzene rings is 1. The number of carbonyl (C=O) groups is 1. The van der Waals surface area contributed by atoms with Gasteiger partial charge in [0.05, 0.1) is 12.2 Å². The number of hydrogen-bond acceptors (Lipinski definition) is 3. The van der Waals surface area contributed by atoms with Crippen LogP contribution in [0.3, 0.4) is 0 Å². The molecule has 0 bridgehead atoms. The van der Waals surface area contributed by atoms with Gasteiger partial charge in [-0.25, -0.2) is 4.79 Å². The highest BCUT2D eigenvalue weighted by Crippen LogP contribution is 2.15. The molecule has 1 fully saturated rings. The molecule has 0 saturated carbocycles. The van der Waals surface area contributed by atoms with Crippen LogP contribution in [0.5, 0.6) is 0 Å². The summed E-state index contributed by atoms with van der Waals surface area (Å²) in [5, 5.41) is 0. The summed E-state index contributed by atoms with van der Waals surface area (Å²) in [6.07, 6.45) is 1.42. The van der Waals surface area contributed by atoms with Gasteiger partial charge in [-0.2, -0.15) is 0 Å². The van der Waals surface area contributed by atoms with Crippen molar-refractivity contribution in [1.82, 2.24) is 0 Å². The number of ether oxygens (including phenoxy) is 2. The summed E-state index contributed by atoms with van der Waals surface area (Å²) in [6, 6.07) is 8.95. The maximum Gasteiger partial charge on any atom is 0.340 e. The molecule has 1 aliphatic heterocycles. The Hall–Kier alpha value is -1.35. The minimum atomic E-state index is -0.345. The van der Waals surface area contributed by atoms with E-state index in [4.69, 9.17) is 9.47 Å². The Balaban J connectivity index is 1.95. The van der Waals surface area contributed by atoms with Gasteiger partial charge in [-0.05, 0) is 18.6 Å². The monoisotopic (exact) mass is 192 g/mol. The van der Waals surface area contributed by atoms with Crippen LogP contribution >= 0.6 is 0 Å². The molecule has 1 heterocycles. The third-order valence-corrected chi connectivity index (χ3v) is 2.14. The fraction of sp³-hybridized carbons (Fsp3) is 0.364. The molecule has 1 atom stereocenters. The minimum Gasteiger partial charge on any atom is -0.432 e. The van der Waals surface area contributed by atoms with Crippen molar-refractivity contribution in [3.63, 3.8) is 0 Å². The van der Waals surface area contributed by atoms with E-state index in [-0.39, 0.29) is 12.3 Å². The van der Waals surface area contributed by atoms with Gasteiger partial charge >= 0.3 is 5.97 Å². The molecule has 0 amide bonds. The lowest BCUT2D eigenvalue weighted by Crippen LogP contribution is -2.16. The first-order valence-electron chi connectivity index (χ1n) is 4.74. The average Bonchev–Trinajstić information content (AvgIpc) is 2.72. The van der Waals surface area contributed by atoms with Crippen molar-refractivity contribution in [1.29, 1.82) is 0 Å². The quantitative estimate of drug-likeness (QED) is 0.672. The van der Waals surface area contributed by atoms with Crippen molar-refractivity contribution < 1.29 is 14.3 Å². The van der Waals surface area contributed by atoms with E-state index in [2.05, 4.69) is 0 Å². The summed E-state index contributed by atoms with van der Waals surface area (Å²) in [6.45, 7) is 0.687. The molecule has 3 nitrogen and oxygen atoms in total. The van der Waals surface area contributed by atoms with Gasteiger partial charge in [-0.1, -0.05) is 18.2 Å². The highest BCUT2D eigenvalue weighted by atomic mass is 16.7. The average molecular weight is 192 g/mol. The van der Waals surface area contributed by atoms with Gasteiger partial charge in [-0.15, -0.1) is 0 Å². The summed E-state index contributed by atoms with van der Waals surface area (Å²) in [7, 11) is 0. The van der Waals surface area contributed by atoms with E-state index >= 15 is 0 Å². The van der Waals surface area contributed by atoms with Crippen LogP contribution in [0.4, 0.5) is 0 Å². The number of esters is 1. The first-order chi connectivity index (χ1) is 6.86. The summed E-state index contributed by atoms with van der Waals surface area (Å²) in [4.78, 5) is 11.5. The molecule has 3 heteroatoms. The molecular formula is C11H12O3. The molecule has 1 aromatic carbocycles. The van der Waals surface area contributed by atoms with Crippen LogP contribution < -0.4 is 0 Å². The summed E-state index contributed by atoms with van der Waals surface area (Å²) >= 11 is 0. The summed E-state index contributed by atoms with van der Waals surface area (Å²) in [5.41, 5.74) is 0.572. The van der Waals surface area contributed by atoms with Crippen molar-refractivity contribution >= 4 is 5.97 Å². The topological polar surface area (TPSA) is 35.5 Å². The van der Waals surface area contributed by atoms with Gasteiger partial charge in [0.2, 0.25) is 6.29 Å². The third kappa shape index (κ3) is 2.12. The predicted octanol–water partition coefficient (Wildman–Crippen LogP) is 1.98. The van der Waals surface area contributed by atoms with Crippen LogP contribution in [0.2, 0.25) is 0 Å². The number of carbonyl (C=O) groups excluding carboxylic acids is 1. The Bertz CT molecular complexity index is 302. The molecule has 0 aliphatic carbocycles. The zero-order valence-electron chi connectivity index (χ0n) is 7.81. The first-order valence-corrected chi connectivity index (χ1v) is 4.74. The molecule has 0 aromatic heterocycles. The van der Waals surface area contributed by atoms with E-state index in [9.17, 15) is 4.79 Å². The zero-order valence-corrected chi connectivity index (χ0v) is 7.81. The van der Waals surface area contributed by atoms with Crippen LogP contribution in [0, 0.1) is 0 Å². The van der Waals surface area contributed by atoms with Gasteiger partial charge in [0.15, 0.2) is 0 Å². The molecule has 1 saturated heterocycles. The standard InChI is InChI=1S/C11H12O3/c12-11(9-5-2-1-3-6-9)14-10-7-4-8-13-10/h1-3,5-6,10H,4,7-8H2. The van der Waals surface area contributed by atoms with Gasteiger partial charge in [-0.3, -0.25) is 0 Å². The van der Waals surface area contributed by atoms with Crippen LogP contribution in [-0.4, -0.2) is 18.9 Å². The Morgan fingerprint density at radius 2 is 2.14 bits per heavy atom. The minimum absolute atomic E-state index is 0.308. The van der Waals surface area contributed by atoms with Gasteiger partial charge in [0, 0.05) is 6.42 Å². The molecule has 1 aliphatic rings. The lowest BCUT2D eigenvalue weighted by molar-refractivity contribution is -0.0775. The third-order valence-electron chi connectivity index (χ3n) is 2.14. The largest absolute Gasteiger partial charge is 0.432 e. The summed E-state index contributed by atoms with van der Waals surface area (Å²) < 4.78 is 10.3. The molecular weight excluding hydrogens is 180 g/mol. The highest BCUT2D eigenvalue weighted by Gasteiger charge is 2.20. The Labute approximate surface area is 82.6 Å². The maximum atomic E-state index is 11.5. The molecule has 74 valence electrons. The second-order valence-corrected chi connectivity index (χ2v) is 3.21. The molecule has 0 spiro atoms. The Morgan fingerprint density at radius 1 is 1.36 bits per heavy atom. The van der Waals surface area contributed by atoms with Crippen LogP contribution in [0.1, 0.15) is 23.2 Å². The second-order valence-electron chi connectivity index (χ2n) is 3.21. The van der Waals surface area contributed by atoms with Crippen LogP contribution in [0.15, 0.2) is 30.3 Å². The molecule has 1 aromatic rings. The molecule has 0 N–H and O–H groups in total. The van der Waals surface area contributed by atoms with E-state index in [1.807, 2.05) is 18.2 Å². The smallest absolute Gasteiger partial charge is 0.340 e. The van der Waals surface area contributed by atoms with Crippen molar-refractivity contribution in [2.45, 2.75) is 19.1 Å². The van der Waals surface area contributed by atoms with Crippen molar-refractivity contribution in [3.8, 4) is 0 Å². The number of rotatable bonds is 2. The SMILES string of the molecule is O=C(OC1CCCO1)c1ccccc1. The van der Waals surface area contributed by atoms with E-state index < -0.39 is 0 Å². The van der Waals surface area contributed by atoms with Crippen LogP contribution in [-0.2, 0) is 9.47 Å². The van der Waals surface area contributed by atoms with Gasteiger partial charge in [0.1, 0.15) is 0 Å². The molecule has 14 heavy (non-hydrogen) atoms. The molecule has 2 rings (SSSR count). The number of hydrogen-bond donors (Lipinski definition) is 0. The van der Waals surface area contributed by atoms with Gasteiger partial charge < -0.3 is 9.47 Å². The van der Waals surface area contributed by atoms with E-state index in [1.54, 1.807) is 12.1 Å². The molecule has 0 radical (unpaired) electrons. The lowest BCUT2D eigenvalue weighted by atomic mass is 10.2. The fourth-order valence-electron chi connectivity index (χ4n) is 1.40. The highest BCUT2D eigenvalue weighted by molar-refractivity contribution is 5.89. The second kappa shape index (κ2) is 4.24. The van der Waals surface area contributed by atoms with E-state index in [0.29, 0.717) is 12.2 Å². The zero-order chi connectivity index (χ0) is 9.80. The van der Waals surface area contributed by atoms with Crippen molar-refractivity contribution in [3.05, 3.63) is 35.9 Å². The summed E-state index contributed by atoms with van der Waals surface area (Å²) in [5.74, 6) is -0.308.